The molecule has 0 fully saturated rings. The highest BCUT2D eigenvalue weighted by Crippen LogP contribution is 2.24. The average Bonchev–Trinajstić information content (AvgIpc) is 2.86. The summed E-state index contributed by atoms with van der Waals surface area (Å²) in [5.74, 6) is 0.654. The van der Waals surface area contributed by atoms with Crippen molar-refractivity contribution in [2.45, 2.75) is 19.5 Å². The topological polar surface area (TPSA) is 68.4 Å². The lowest BCUT2D eigenvalue weighted by molar-refractivity contribution is -0.173. The monoisotopic (exact) mass is 302 g/mol. The first kappa shape index (κ1) is 15.3. The van der Waals surface area contributed by atoms with Crippen molar-refractivity contribution >= 4 is 0 Å². The minimum absolute atomic E-state index is 0.122. The molecule has 21 heavy (non-hydrogen) atoms. The predicted octanol–water partition coefficient (Wildman–Crippen LogP) is 2.87. The van der Waals surface area contributed by atoms with Gasteiger partial charge in [0.25, 0.3) is 5.89 Å². The summed E-state index contributed by atoms with van der Waals surface area (Å²) < 4.78 is 45.1. The molecule has 0 aliphatic rings. The van der Waals surface area contributed by atoms with Gasteiger partial charge in [-0.05, 0) is 30.7 Å². The second-order valence-electron chi connectivity index (χ2n) is 4.43. The van der Waals surface area contributed by atoms with Crippen molar-refractivity contribution in [2.75, 3.05) is 13.2 Å². The molecule has 2 rings (SSSR count). The number of aryl methyl sites for hydroxylation is 1. The van der Waals surface area contributed by atoms with Gasteiger partial charge in [0.2, 0.25) is 0 Å². The Morgan fingerprint density at radius 3 is 2.76 bits per heavy atom. The lowest BCUT2D eigenvalue weighted by atomic mass is 10.1. The van der Waals surface area contributed by atoms with Crippen LogP contribution < -0.4 is 0 Å². The summed E-state index contributed by atoms with van der Waals surface area (Å²) in [4.78, 5) is 4.06. The fraction of sp³-hybridized carbons (Fsp3) is 0.385. The average molecular weight is 302 g/mol. The minimum atomic E-state index is -4.34. The number of aromatic hydroxyl groups is 1. The Morgan fingerprint density at radius 2 is 2.10 bits per heavy atom. The van der Waals surface area contributed by atoms with Crippen LogP contribution in [-0.2, 0) is 11.2 Å². The molecule has 0 radical (unpaired) electrons. The Kier molecular flexibility index (Phi) is 4.46. The van der Waals surface area contributed by atoms with E-state index in [1.165, 1.54) is 6.07 Å². The summed E-state index contributed by atoms with van der Waals surface area (Å²) in [7, 11) is 0. The first-order chi connectivity index (χ1) is 9.85. The van der Waals surface area contributed by atoms with E-state index in [-0.39, 0.29) is 30.5 Å². The van der Waals surface area contributed by atoms with E-state index in [0.717, 1.165) is 0 Å². The normalized spacial score (nSPS) is 11.8. The maximum absolute atomic E-state index is 11.9. The quantitative estimate of drug-likeness (QED) is 0.860. The molecule has 0 bridgehead atoms. The lowest BCUT2D eigenvalue weighted by Crippen LogP contribution is -2.18. The van der Waals surface area contributed by atoms with Crippen molar-refractivity contribution in [1.29, 1.82) is 0 Å². The van der Waals surface area contributed by atoms with Crippen LogP contribution in [0.4, 0.5) is 13.2 Å². The third-order valence-corrected chi connectivity index (χ3v) is 2.65. The summed E-state index contributed by atoms with van der Waals surface area (Å²) in [6.07, 6.45) is -4.22. The number of ether oxygens (including phenoxy) is 1. The third-order valence-electron chi connectivity index (χ3n) is 2.65. The van der Waals surface area contributed by atoms with Crippen LogP contribution in [0.5, 0.6) is 5.75 Å². The molecular formula is C13H13F3N2O3. The molecule has 2 aromatic rings. The van der Waals surface area contributed by atoms with Crippen molar-refractivity contribution in [2.24, 2.45) is 0 Å². The van der Waals surface area contributed by atoms with Gasteiger partial charge < -0.3 is 14.4 Å². The van der Waals surface area contributed by atoms with Crippen molar-refractivity contribution in [3.63, 3.8) is 0 Å². The zero-order valence-corrected chi connectivity index (χ0v) is 11.1. The number of phenols is 1. The summed E-state index contributed by atoms with van der Waals surface area (Å²) in [5, 5.41) is 13.1. The molecule has 1 heterocycles. The van der Waals surface area contributed by atoms with Crippen molar-refractivity contribution in [1.82, 2.24) is 10.1 Å². The van der Waals surface area contributed by atoms with Crippen LogP contribution in [0.3, 0.4) is 0 Å². The summed E-state index contributed by atoms with van der Waals surface area (Å²) in [6, 6.07) is 4.79. The number of benzene rings is 1. The van der Waals surface area contributed by atoms with Crippen LogP contribution in [0.2, 0.25) is 0 Å². The van der Waals surface area contributed by atoms with Crippen molar-refractivity contribution in [3.05, 3.63) is 29.6 Å². The molecule has 1 aromatic carbocycles. The van der Waals surface area contributed by atoms with E-state index in [0.29, 0.717) is 11.1 Å². The molecule has 0 amide bonds. The highest BCUT2D eigenvalue weighted by Gasteiger charge is 2.27. The standard InChI is InChI=1S/C13H13F3N2O3/c1-8-6-9(2-3-10(8)19)12-17-11(18-21-12)4-5-20-7-13(14,15)16/h2-3,6,19H,4-5,7H2,1H3. The smallest absolute Gasteiger partial charge is 0.411 e. The van der Waals surface area contributed by atoms with Crippen LogP contribution in [0.1, 0.15) is 11.4 Å². The molecule has 0 unspecified atom stereocenters. The third kappa shape index (κ3) is 4.45. The molecule has 8 heteroatoms. The fourth-order valence-electron chi connectivity index (χ4n) is 1.61. The number of aromatic nitrogens is 2. The maximum atomic E-state index is 11.9. The molecule has 0 saturated carbocycles. The van der Waals surface area contributed by atoms with E-state index in [9.17, 15) is 18.3 Å². The molecule has 0 spiro atoms. The number of halogens is 3. The molecule has 0 aliphatic carbocycles. The lowest BCUT2D eigenvalue weighted by Gasteiger charge is -2.05. The largest absolute Gasteiger partial charge is 0.508 e. The summed E-state index contributed by atoms with van der Waals surface area (Å²) in [6.45, 7) is 0.281. The van der Waals surface area contributed by atoms with Gasteiger partial charge >= 0.3 is 6.18 Å². The molecule has 5 nitrogen and oxygen atoms in total. The fourth-order valence-corrected chi connectivity index (χ4v) is 1.61. The Bertz CT molecular complexity index is 611. The van der Waals surface area contributed by atoms with E-state index in [2.05, 4.69) is 14.9 Å². The van der Waals surface area contributed by atoms with E-state index in [4.69, 9.17) is 4.52 Å². The Hall–Kier alpha value is -2.09. The number of hydrogen-bond acceptors (Lipinski definition) is 5. The molecule has 1 aromatic heterocycles. The molecule has 1 N–H and O–H groups in total. The highest BCUT2D eigenvalue weighted by molar-refractivity contribution is 5.56. The maximum Gasteiger partial charge on any atom is 0.411 e. The Balaban J connectivity index is 1.93. The highest BCUT2D eigenvalue weighted by atomic mass is 19.4. The zero-order chi connectivity index (χ0) is 15.5. The Labute approximate surface area is 118 Å². The van der Waals surface area contributed by atoms with Gasteiger partial charge in [-0.25, -0.2) is 0 Å². The SMILES string of the molecule is Cc1cc(-c2nc(CCOCC(F)(F)F)no2)ccc1O. The molecule has 0 saturated heterocycles. The first-order valence-corrected chi connectivity index (χ1v) is 6.12. The van der Waals surface area contributed by atoms with Crippen molar-refractivity contribution < 1.29 is 27.5 Å². The van der Waals surface area contributed by atoms with Gasteiger partial charge in [-0.15, -0.1) is 0 Å². The van der Waals surface area contributed by atoms with Gasteiger partial charge in [-0.2, -0.15) is 18.2 Å². The van der Waals surface area contributed by atoms with E-state index in [1.807, 2.05) is 0 Å². The molecule has 0 atom stereocenters. The number of hydrogen-bond donors (Lipinski definition) is 1. The zero-order valence-electron chi connectivity index (χ0n) is 11.1. The van der Waals surface area contributed by atoms with Gasteiger partial charge in [0.05, 0.1) is 6.61 Å². The van der Waals surface area contributed by atoms with Gasteiger partial charge in [-0.3, -0.25) is 0 Å². The second-order valence-corrected chi connectivity index (χ2v) is 4.43. The van der Waals surface area contributed by atoms with Crippen molar-refractivity contribution in [3.8, 4) is 17.2 Å². The van der Waals surface area contributed by atoms with Gasteiger partial charge in [-0.1, -0.05) is 5.16 Å². The van der Waals surface area contributed by atoms with Crippen LogP contribution >= 0.6 is 0 Å². The number of nitrogens with zero attached hydrogens (tertiary/aromatic N) is 2. The Morgan fingerprint density at radius 1 is 1.33 bits per heavy atom. The van der Waals surface area contributed by atoms with Gasteiger partial charge in [0.15, 0.2) is 5.82 Å². The molecule has 114 valence electrons. The number of alkyl halides is 3. The van der Waals surface area contributed by atoms with E-state index < -0.39 is 12.8 Å². The minimum Gasteiger partial charge on any atom is -0.508 e. The molecular weight excluding hydrogens is 289 g/mol. The van der Waals surface area contributed by atoms with Crippen LogP contribution in [0.25, 0.3) is 11.5 Å². The summed E-state index contributed by atoms with van der Waals surface area (Å²) >= 11 is 0. The number of rotatable bonds is 5. The first-order valence-electron chi connectivity index (χ1n) is 6.12. The molecule has 0 aliphatic heterocycles. The predicted molar refractivity (Wildman–Crippen MR) is 66.7 cm³/mol. The van der Waals surface area contributed by atoms with Gasteiger partial charge in [0, 0.05) is 12.0 Å². The summed E-state index contributed by atoms with van der Waals surface area (Å²) in [5.41, 5.74) is 1.28. The van der Waals surface area contributed by atoms with Crippen LogP contribution in [0, 0.1) is 6.92 Å². The van der Waals surface area contributed by atoms with Crippen LogP contribution in [-0.4, -0.2) is 34.6 Å². The van der Waals surface area contributed by atoms with Crippen LogP contribution in [0.15, 0.2) is 22.7 Å². The number of phenolic OH excluding ortho intramolecular Hbond substituents is 1. The van der Waals surface area contributed by atoms with Gasteiger partial charge in [0.1, 0.15) is 12.4 Å². The van der Waals surface area contributed by atoms with E-state index in [1.54, 1.807) is 19.1 Å². The van der Waals surface area contributed by atoms with E-state index >= 15 is 0 Å². The second kappa shape index (κ2) is 6.13.